The van der Waals surface area contributed by atoms with Gasteiger partial charge in [0.1, 0.15) is 0 Å². The quantitative estimate of drug-likeness (QED) is 0.874. The number of carbonyl (C=O) groups excluding carboxylic acids is 1. The van der Waals surface area contributed by atoms with Gasteiger partial charge in [-0.3, -0.25) is 4.90 Å². The highest BCUT2D eigenvalue weighted by Gasteiger charge is 2.18. The molecule has 1 fully saturated rings. The molecule has 2 amide bonds. The Hall–Kier alpha value is -1.59. The van der Waals surface area contributed by atoms with E-state index in [4.69, 9.17) is 4.74 Å². The Bertz CT molecular complexity index is 447. The van der Waals surface area contributed by atoms with Crippen molar-refractivity contribution < 1.29 is 9.53 Å². The van der Waals surface area contributed by atoms with Crippen LogP contribution in [0, 0.1) is 6.92 Å². The summed E-state index contributed by atoms with van der Waals surface area (Å²) < 4.78 is 5.71. The molecule has 21 heavy (non-hydrogen) atoms. The number of ether oxygens (including phenoxy) is 1. The van der Waals surface area contributed by atoms with Crippen molar-refractivity contribution in [3.05, 3.63) is 29.8 Å². The van der Waals surface area contributed by atoms with E-state index in [9.17, 15) is 4.79 Å². The van der Waals surface area contributed by atoms with E-state index >= 15 is 0 Å². The molecular formula is C16H25N3O2. The van der Waals surface area contributed by atoms with Crippen LogP contribution in [0.4, 0.5) is 10.5 Å². The fourth-order valence-electron chi connectivity index (χ4n) is 2.40. The zero-order chi connectivity index (χ0) is 15.1. The lowest BCUT2D eigenvalue weighted by molar-refractivity contribution is -0.0294. The van der Waals surface area contributed by atoms with Crippen LogP contribution in [0.5, 0.6) is 0 Å². The second-order valence-electron chi connectivity index (χ2n) is 5.42. The minimum absolute atomic E-state index is 0.165. The van der Waals surface area contributed by atoms with Crippen LogP contribution in [0.2, 0.25) is 0 Å². The molecule has 2 N–H and O–H groups in total. The maximum atomic E-state index is 11.8. The van der Waals surface area contributed by atoms with E-state index in [1.165, 1.54) is 5.56 Å². The number of carbonyl (C=O) groups is 1. The normalized spacial score (nSPS) is 19.2. The Labute approximate surface area is 126 Å². The van der Waals surface area contributed by atoms with Crippen LogP contribution in [0.1, 0.15) is 18.9 Å². The molecule has 1 saturated heterocycles. The maximum absolute atomic E-state index is 11.8. The van der Waals surface area contributed by atoms with E-state index in [0.29, 0.717) is 6.54 Å². The first-order valence-electron chi connectivity index (χ1n) is 7.63. The first-order chi connectivity index (χ1) is 10.2. The molecule has 0 bridgehead atoms. The lowest BCUT2D eigenvalue weighted by atomic mass is 10.2. The summed E-state index contributed by atoms with van der Waals surface area (Å²) in [6, 6.07) is 7.59. The fraction of sp³-hybridized carbons (Fsp3) is 0.562. The second kappa shape index (κ2) is 8.00. The number of hydrogen-bond donors (Lipinski definition) is 2. The topological polar surface area (TPSA) is 53.6 Å². The second-order valence-corrected chi connectivity index (χ2v) is 5.42. The summed E-state index contributed by atoms with van der Waals surface area (Å²) in [5, 5.41) is 5.70. The van der Waals surface area contributed by atoms with Gasteiger partial charge in [-0.1, -0.05) is 24.6 Å². The van der Waals surface area contributed by atoms with Crippen LogP contribution in [0.15, 0.2) is 24.3 Å². The predicted octanol–water partition coefficient (Wildman–Crippen LogP) is 2.23. The average molecular weight is 291 g/mol. The van der Waals surface area contributed by atoms with Crippen LogP contribution < -0.4 is 10.6 Å². The number of benzene rings is 1. The van der Waals surface area contributed by atoms with Crippen molar-refractivity contribution in [2.75, 3.05) is 38.1 Å². The number of hydrogen-bond acceptors (Lipinski definition) is 3. The predicted molar refractivity (Wildman–Crippen MR) is 84.7 cm³/mol. The summed E-state index contributed by atoms with van der Waals surface area (Å²) in [5.41, 5.74) is 1.99. The van der Waals surface area contributed by atoms with Gasteiger partial charge in [0.15, 0.2) is 0 Å². The molecule has 1 aliphatic rings. The van der Waals surface area contributed by atoms with Crippen LogP contribution in [-0.2, 0) is 4.74 Å². The highest BCUT2D eigenvalue weighted by atomic mass is 16.5. The lowest BCUT2D eigenvalue weighted by Gasteiger charge is -2.32. The number of likely N-dealkylation sites (N-methyl/N-ethyl adjacent to an activating group) is 1. The lowest BCUT2D eigenvalue weighted by Crippen LogP contribution is -2.43. The molecule has 0 radical (unpaired) electrons. The molecule has 0 saturated carbocycles. The van der Waals surface area contributed by atoms with E-state index in [-0.39, 0.29) is 12.1 Å². The maximum Gasteiger partial charge on any atom is 0.319 e. The van der Waals surface area contributed by atoms with Crippen molar-refractivity contribution in [2.45, 2.75) is 26.4 Å². The SMILES string of the molecule is CCN1CCOC(CCNC(=O)Nc2ccc(C)cc2)C1. The Morgan fingerprint density at radius 1 is 1.38 bits per heavy atom. The molecule has 0 aromatic heterocycles. The Morgan fingerprint density at radius 2 is 2.14 bits per heavy atom. The van der Waals surface area contributed by atoms with Gasteiger partial charge in [0.25, 0.3) is 0 Å². The van der Waals surface area contributed by atoms with Crippen molar-refractivity contribution in [2.24, 2.45) is 0 Å². The number of morpholine rings is 1. The van der Waals surface area contributed by atoms with Gasteiger partial charge < -0.3 is 15.4 Å². The van der Waals surface area contributed by atoms with Crippen molar-refractivity contribution in [1.82, 2.24) is 10.2 Å². The van der Waals surface area contributed by atoms with Gasteiger partial charge in [-0.15, -0.1) is 0 Å². The largest absolute Gasteiger partial charge is 0.375 e. The molecule has 5 heteroatoms. The molecule has 1 aromatic rings. The minimum Gasteiger partial charge on any atom is -0.375 e. The summed E-state index contributed by atoms with van der Waals surface area (Å²) >= 11 is 0. The molecule has 1 atom stereocenters. The molecule has 2 rings (SSSR count). The van der Waals surface area contributed by atoms with Crippen molar-refractivity contribution in [3.8, 4) is 0 Å². The van der Waals surface area contributed by atoms with Gasteiger partial charge in [-0.25, -0.2) is 4.79 Å². The zero-order valence-corrected chi connectivity index (χ0v) is 12.9. The molecule has 1 aromatic carbocycles. The number of nitrogens with one attached hydrogen (secondary N) is 2. The number of anilines is 1. The molecule has 5 nitrogen and oxygen atoms in total. The van der Waals surface area contributed by atoms with Crippen LogP contribution in [0.3, 0.4) is 0 Å². The van der Waals surface area contributed by atoms with E-state index in [0.717, 1.165) is 38.3 Å². The average Bonchev–Trinajstić information content (AvgIpc) is 2.50. The zero-order valence-electron chi connectivity index (χ0n) is 12.9. The smallest absolute Gasteiger partial charge is 0.319 e. The Morgan fingerprint density at radius 3 is 2.86 bits per heavy atom. The molecule has 1 aliphatic heterocycles. The highest BCUT2D eigenvalue weighted by molar-refractivity contribution is 5.89. The number of urea groups is 1. The van der Waals surface area contributed by atoms with Crippen molar-refractivity contribution >= 4 is 11.7 Å². The number of aryl methyl sites for hydroxylation is 1. The summed E-state index contributed by atoms with van der Waals surface area (Å²) in [6.07, 6.45) is 1.07. The monoisotopic (exact) mass is 291 g/mol. The molecule has 116 valence electrons. The number of rotatable bonds is 5. The Balaban J connectivity index is 1.66. The molecular weight excluding hydrogens is 266 g/mol. The standard InChI is InChI=1S/C16H25N3O2/c1-3-19-10-11-21-15(12-19)8-9-17-16(20)18-14-6-4-13(2)5-7-14/h4-7,15H,3,8-12H2,1-2H3,(H2,17,18,20). The van der Waals surface area contributed by atoms with Gasteiger partial charge in [0.05, 0.1) is 12.7 Å². The van der Waals surface area contributed by atoms with Gasteiger partial charge in [-0.05, 0) is 32.0 Å². The van der Waals surface area contributed by atoms with Crippen molar-refractivity contribution in [1.29, 1.82) is 0 Å². The third-order valence-corrected chi connectivity index (χ3v) is 3.73. The third kappa shape index (κ3) is 5.36. The summed E-state index contributed by atoms with van der Waals surface area (Å²) in [4.78, 5) is 14.2. The van der Waals surface area contributed by atoms with Gasteiger partial charge in [0.2, 0.25) is 0 Å². The van der Waals surface area contributed by atoms with Crippen LogP contribution in [0.25, 0.3) is 0 Å². The van der Waals surface area contributed by atoms with E-state index in [1.807, 2.05) is 31.2 Å². The van der Waals surface area contributed by atoms with E-state index in [2.05, 4.69) is 22.5 Å². The van der Waals surface area contributed by atoms with Gasteiger partial charge in [-0.2, -0.15) is 0 Å². The summed E-state index contributed by atoms with van der Waals surface area (Å²) in [7, 11) is 0. The number of nitrogens with zero attached hydrogens (tertiary/aromatic N) is 1. The van der Waals surface area contributed by atoms with Crippen LogP contribution >= 0.6 is 0 Å². The van der Waals surface area contributed by atoms with E-state index in [1.54, 1.807) is 0 Å². The summed E-state index contributed by atoms with van der Waals surface area (Å²) in [5.74, 6) is 0. The third-order valence-electron chi connectivity index (χ3n) is 3.73. The van der Waals surface area contributed by atoms with Gasteiger partial charge in [0, 0.05) is 25.3 Å². The first kappa shape index (κ1) is 15.8. The van der Waals surface area contributed by atoms with Crippen molar-refractivity contribution in [3.63, 3.8) is 0 Å². The van der Waals surface area contributed by atoms with Crippen LogP contribution in [-0.4, -0.2) is 49.8 Å². The summed E-state index contributed by atoms with van der Waals surface area (Å²) in [6.45, 7) is 8.62. The molecule has 0 spiro atoms. The molecule has 1 unspecified atom stereocenters. The fourth-order valence-corrected chi connectivity index (χ4v) is 2.40. The molecule has 1 heterocycles. The Kier molecular flexibility index (Phi) is 6.02. The minimum atomic E-state index is -0.165. The first-order valence-corrected chi connectivity index (χ1v) is 7.63. The molecule has 0 aliphatic carbocycles. The van der Waals surface area contributed by atoms with Gasteiger partial charge >= 0.3 is 6.03 Å². The highest BCUT2D eigenvalue weighted by Crippen LogP contribution is 2.09. The van der Waals surface area contributed by atoms with E-state index < -0.39 is 0 Å². The number of amides is 2.